The number of rotatable bonds is 4. The molecule has 0 fully saturated rings. The van der Waals surface area contributed by atoms with Crippen LogP contribution in [-0.4, -0.2) is 30.8 Å². The summed E-state index contributed by atoms with van der Waals surface area (Å²) in [5.41, 5.74) is 0. The van der Waals surface area contributed by atoms with Crippen LogP contribution in [0.25, 0.3) is 0 Å². The van der Waals surface area contributed by atoms with Crippen molar-refractivity contribution in [1.29, 1.82) is 0 Å². The van der Waals surface area contributed by atoms with Crippen LogP contribution >= 0.6 is 11.8 Å². The molecule has 3 nitrogen and oxygen atoms in total. The molecule has 0 spiro atoms. The Labute approximate surface area is 71.9 Å². The second kappa shape index (κ2) is 6.34. The summed E-state index contributed by atoms with van der Waals surface area (Å²) in [5, 5.41) is 2.63. The van der Waals surface area contributed by atoms with Gasteiger partial charge in [-0.3, -0.25) is 0 Å². The third kappa shape index (κ3) is 7.52. The highest BCUT2D eigenvalue weighted by molar-refractivity contribution is 7.98. The molecule has 0 aromatic carbocycles. The predicted molar refractivity (Wildman–Crippen MR) is 48.0 cm³/mol. The average Bonchev–Trinajstić information content (AvgIpc) is 1.86. The molecule has 0 rings (SSSR count). The molecule has 1 N–H and O–H groups in total. The van der Waals surface area contributed by atoms with Crippen LogP contribution in [0.4, 0.5) is 4.79 Å². The van der Waals surface area contributed by atoms with Crippen LogP contribution in [0.5, 0.6) is 0 Å². The van der Waals surface area contributed by atoms with Crippen molar-refractivity contribution in [2.75, 3.05) is 18.6 Å². The third-order valence-electron chi connectivity index (χ3n) is 0.918. The topological polar surface area (TPSA) is 38.3 Å². The maximum atomic E-state index is 10.8. The molecule has 11 heavy (non-hydrogen) atoms. The van der Waals surface area contributed by atoms with E-state index in [2.05, 4.69) is 5.32 Å². The molecule has 0 heterocycles. The number of alkyl carbamates (subject to hydrolysis) is 1. The lowest BCUT2D eigenvalue weighted by molar-refractivity contribution is 0.116. The lowest BCUT2D eigenvalue weighted by atomic mass is 10.5. The lowest BCUT2D eigenvalue weighted by Crippen LogP contribution is -2.28. The highest BCUT2D eigenvalue weighted by Gasteiger charge is 2.01. The fourth-order valence-electron chi connectivity index (χ4n) is 0.511. The number of thioether (sulfide) groups is 1. The van der Waals surface area contributed by atoms with Crippen molar-refractivity contribution in [3.63, 3.8) is 0 Å². The Bertz CT molecular complexity index is 117. The summed E-state index contributed by atoms with van der Waals surface area (Å²) in [4.78, 5) is 10.8. The fraction of sp³-hybridized carbons (Fsp3) is 0.857. The first-order chi connectivity index (χ1) is 5.16. The number of nitrogens with one attached hydrogen (secondary N) is 1. The van der Waals surface area contributed by atoms with Gasteiger partial charge in [-0.1, -0.05) is 0 Å². The number of carbonyl (C=O) groups excluding carboxylic acids is 1. The SMILES string of the molecule is CSCCNC(=O)OC(C)C. The monoisotopic (exact) mass is 177 g/mol. The summed E-state index contributed by atoms with van der Waals surface area (Å²) in [6.45, 7) is 4.33. The second-order valence-corrected chi connectivity index (χ2v) is 3.36. The van der Waals surface area contributed by atoms with Crippen molar-refractivity contribution in [2.24, 2.45) is 0 Å². The van der Waals surface area contributed by atoms with Crippen LogP contribution in [0.15, 0.2) is 0 Å². The Morgan fingerprint density at radius 3 is 2.73 bits per heavy atom. The van der Waals surface area contributed by atoms with Crippen molar-refractivity contribution in [2.45, 2.75) is 20.0 Å². The number of hydrogen-bond donors (Lipinski definition) is 1. The van der Waals surface area contributed by atoms with Crippen LogP contribution in [0.2, 0.25) is 0 Å². The van der Waals surface area contributed by atoms with Crippen molar-refractivity contribution in [3.05, 3.63) is 0 Å². The van der Waals surface area contributed by atoms with Crippen molar-refractivity contribution in [3.8, 4) is 0 Å². The van der Waals surface area contributed by atoms with Crippen LogP contribution in [0.1, 0.15) is 13.8 Å². The van der Waals surface area contributed by atoms with Crippen molar-refractivity contribution < 1.29 is 9.53 Å². The van der Waals surface area contributed by atoms with Crippen LogP contribution in [0.3, 0.4) is 0 Å². The summed E-state index contributed by atoms with van der Waals surface area (Å²) >= 11 is 1.69. The van der Waals surface area contributed by atoms with Gasteiger partial charge >= 0.3 is 6.09 Å². The van der Waals surface area contributed by atoms with Gasteiger partial charge in [0.25, 0.3) is 0 Å². The van der Waals surface area contributed by atoms with Crippen LogP contribution < -0.4 is 5.32 Å². The zero-order valence-corrected chi connectivity index (χ0v) is 8.03. The van der Waals surface area contributed by atoms with E-state index < -0.39 is 0 Å². The molecule has 0 aliphatic carbocycles. The Morgan fingerprint density at radius 2 is 2.27 bits per heavy atom. The summed E-state index contributed by atoms with van der Waals surface area (Å²) in [6.07, 6.45) is 1.63. The largest absolute Gasteiger partial charge is 0.447 e. The van der Waals surface area contributed by atoms with E-state index in [1.54, 1.807) is 11.8 Å². The van der Waals surface area contributed by atoms with Gasteiger partial charge in [0, 0.05) is 12.3 Å². The molecule has 0 atom stereocenters. The first kappa shape index (κ1) is 10.6. The van der Waals surface area contributed by atoms with Gasteiger partial charge in [-0.15, -0.1) is 0 Å². The van der Waals surface area contributed by atoms with E-state index >= 15 is 0 Å². The molecule has 0 saturated heterocycles. The summed E-state index contributed by atoms with van der Waals surface area (Å²) < 4.78 is 4.84. The van der Waals surface area contributed by atoms with E-state index in [1.165, 1.54) is 0 Å². The normalized spacial score (nSPS) is 9.82. The predicted octanol–water partition coefficient (Wildman–Crippen LogP) is 1.48. The molecule has 0 aliphatic heterocycles. The van der Waals surface area contributed by atoms with Gasteiger partial charge in [0.05, 0.1) is 6.10 Å². The van der Waals surface area contributed by atoms with Gasteiger partial charge in [0.15, 0.2) is 0 Å². The molecule has 1 amide bonds. The minimum Gasteiger partial charge on any atom is -0.447 e. The molecule has 0 bridgehead atoms. The van der Waals surface area contributed by atoms with Crippen molar-refractivity contribution in [1.82, 2.24) is 5.32 Å². The Kier molecular flexibility index (Phi) is 6.12. The zero-order chi connectivity index (χ0) is 8.69. The highest BCUT2D eigenvalue weighted by atomic mass is 32.2. The molecule has 4 heteroatoms. The molecule has 0 saturated carbocycles. The number of hydrogen-bond acceptors (Lipinski definition) is 3. The second-order valence-electron chi connectivity index (χ2n) is 2.37. The lowest BCUT2D eigenvalue weighted by Gasteiger charge is -2.08. The maximum absolute atomic E-state index is 10.8. The summed E-state index contributed by atoms with van der Waals surface area (Å²) in [5.74, 6) is 0.924. The minimum absolute atomic E-state index is 0.0377. The molecule has 0 unspecified atom stereocenters. The molecule has 0 aromatic heterocycles. The summed E-state index contributed by atoms with van der Waals surface area (Å²) in [6, 6.07) is 0. The van der Waals surface area contributed by atoms with Gasteiger partial charge in [0.2, 0.25) is 0 Å². The Balaban J connectivity index is 3.23. The zero-order valence-electron chi connectivity index (χ0n) is 7.22. The van der Waals surface area contributed by atoms with Gasteiger partial charge in [-0.2, -0.15) is 11.8 Å². The molecule has 0 aliphatic rings. The van der Waals surface area contributed by atoms with E-state index in [-0.39, 0.29) is 12.2 Å². The van der Waals surface area contributed by atoms with Gasteiger partial charge in [-0.25, -0.2) is 4.79 Å². The molecular weight excluding hydrogens is 162 g/mol. The van der Waals surface area contributed by atoms with Gasteiger partial charge in [-0.05, 0) is 20.1 Å². The Hall–Kier alpha value is -0.380. The quantitative estimate of drug-likeness (QED) is 0.661. The summed E-state index contributed by atoms with van der Waals surface area (Å²) in [7, 11) is 0. The van der Waals surface area contributed by atoms with Crippen LogP contribution in [0, 0.1) is 0 Å². The molecule has 66 valence electrons. The first-order valence-corrected chi connectivity index (χ1v) is 4.99. The molecule has 0 aromatic rings. The minimum atomic E-state index is -0.325. The van der Waals surface area contributed by atoms with E-state index in [0.717, 1.165) is 5.75 Å². The van der Waals surface area contributed by atoms with Gasteiger partial charge < -0.3 is 10.1 Å². The smallest absolute Gasteiger partial charge is 0.407 e. The Morgan fingerprint density at radius 1 is 1.64 bits per heavy atom. The molecular formula is C7H15NO2S. The van der Waals surface area contributed by atoms with Crippen molar-refractivity contribution >= 4 is 17.9 Å². The van der Waals surface area contributed by atoms with E-state index in [0.29, 0.717) is 6.54 Å². The third-order valence-corrected chi connectivity index (χ3v) is 1.53. The number of amides is 1. The maximum Gasteiger partial charge on any atom is 0.407 e. The number of carbonyl (C=O) groups is 1. The van der Waals surface area contributed by atoms with Gasteiger partial charge in [0.1, 0.15) is 0 Å². The fourth-order valence-corrected chi connectivity index (χ4v) is 0.817. The van der Waals surface area contributed by atoms with Crippen LogP contribution in [-0.2, 0) is 4.74 Å². The average molecular weight is 177 g/mol. The van der Waals surface area contributed by atoms with E-state index in [4.69, 9.17) is 4.74 Å². The highest BCUT2D eigenvalue weighted by Crippen LogP contribution is 1.90. The number of ether oxygens (including phenoxy) is 1. The molecule has 0 radical (unpaired) electrons. The van der Waals surface area contributed by atoms with E-state index in [9.17, 15) is 4.79 Å². The standard InChI is InChI=1S/C7H15NO2S/c1-6(2)10-7(9)8-4-5-11-3/h6H,4-5H2,1-3H3,(H,8,9). The first-order valence-electron chi connectivity index (χ1n) is 3.60. The van der Waals surface area contributed by atoms with E-state index in [1.807, 2.05) is 20.1 Å².